The van der Waals surface area contributed by atoms with Crippen LogP contribution in [-0.4, -0.2) is 34.7 Å². The summed E-state index contributed by atoms with van der Waals surface area (Å²) >= 11 is 0. The van der Waals surface area contributed by atoms with Gasteiger partial charge in [0.05, 0.1) is 5.69 Å². The summed E-state index contributed by atoms with van der Waals surface area (Å²) < 4.78 is 0. The highest BCUT2D eigenvalue weighted by Gasteiger charge is 2.18. The first-order chi connectivity index (χ1) is 8.20. The molecule has 1 aromatic rings. The second kappa shape index (κ2) is 5.42. The SMILES string of the molecule is CC1CCN(c2cc(C(O)CN)ncn2)CC1. The van der Waals surface area contributed by atoms with Crippen molar-refractivity contribution in [2.75, 3.05) is 24.5 Å². The first kappa shape index (κ1) is 12.3. The smallest absolute Gasteiger partial charge is 0.132 e. The third-order valence-electron chi connectivity index (χ3n) is 3.35. The van der Waals surface area contributed by atoms with E-state index in [-0.39, 0.29) is 6.54 Å². The summed E-state index contributed by atoms with van der Waals surface area (Å²) in [6, 6.07) is 1.84. The highest BCUT2D eigenvalue weighted by molar-refractivity contribution is 5.39. The lowest BCUT2D eigenvalue weighted by molar-refractivity contribution is 0.181. The molecule has 94 valence electrons. The summed E-state index contributed by atoms with van der Waals surface area (Å²) in [4.78, 5) is 10.6. The average Bonchev–Trinajstić information content (AvgIpc) is 2.39. The van der Waals surface area contributed by atoms with Crippen LogP contribution in [0, 0.1) is 5.92 Å². The number of aliphatic hydroxyl groups is 1. The monoisotopic (exact) mass is 236 g/mol. The standard InChI is InChI=1S/C12H20N4O/c1-9-2-4-16(5-3-9)12-6-10(11(17)7-13)14-8-15-12/h6,8-9,11,17H,2-5,7,13H2,1H3. The first-order valence-electron chi connectivity index (χ1n) is 6.15. The van der Waals surface area contributed by atoms with E-state index in [0.717, 1.165) is 24.8 Å². The van der Waals surface area contributed by atoms with Crippen molar-refractivity contribution in [3.05, 3.63) is 18.1 Å². The highest BCUT2D eigenvalue weighted by atomic mass is 16.3. The lowest BCUT2D eigenvalue weighted by Crippen LogP contribution is -2.33. The van der Waals surface area contributed by atoms with Crippen LogP contribution >= 0.6 is 0 Å². The summed E-state index contributed by atoms with van der Waals surface area (Å²) in [5.41, 5.74) is 6.03. The van der Waals surface area contributed by atoms with Gasteiger partial charge >= 0.3 is 0 Å². The summed E-state index contributed by atoms with van der Waals surface area (Å²) in [6.45, 7) is 4.51. The molecule has 0 aliphatic carbocycles. The molecule has 0 radical (unpaired) electrons. The Kier molecular flexibility index (Phi) is 3.91. The number of anilines is 1. The number of piperidine rings is 1. The van der Waals surface area contributed by atoms with Crippen molar-refractivity contribution < 1.29 is 5.11 Å². The number of aromatic nitrogens is 2. The van der Waals surface area contributed by atoms with Crippen LogP contribution in [0.15, 0.2) is 12.4 Å². The Labute approximate surface area is 102 Å². The first-order valence-corrected chi connectivity index (χ1v) is 6.15. The van der Waals surface area contributed by atoms with E-state index in [0.29, 0.717) is 5.69 Å². The van der Waals surface area contributed by atoms with Crippen molar-refractivity contribution in [3.8, 4) is 0 Å². The Morgan fingerprint density at radius 1 is 1.47 bits per heavy atom. The van der Waals surface area contributed by atoms with Gasteiger partial charge in [0, 0.05) is 25.7 Å². The fourth-order valence-electron chi connectivity index (χ4n) is 2.08. The van der Waals surface area contributed by atoms with Gasteiger partial charge in [-0.25, -0.2) is 9.97 Å². The van der Waals surface area contributed by atoms with E-state index in [2.05, 4.69) is 21.8 Å². The summed E-state index contributed by atoms with van der Waals surface area (Å²) in [5.74, 6) is 1.69. The second-order valence-corrected chi connectivity index (χ2v) is 4.72. The molecule has 0 aromatic carbocycles. The van der Waals surface area contributed by atoms with Crippen LogP contribution in [0.3, 0.4) is 0 Å². The lowest BCUT2D eigenvalue weighted by Gasteiger charge is -2.31. The lowest BCUT2D eigenvalue weighted by atomic mass is 9.99. The van der Waals surface area contributed by atoms with Crippen LogP contribution in [0.1, 0.15) is 31.6 Å². The van der Waals surface area contributed by atoms with Gasteiger partial charge in [0.1, 0.15) is 18.2 Å². The zero-order valence-corrected chi connectivity index (χ0v) is 10.2. The van der Waals surface area contributed by atoms with Crippen molar-refractivity contribution in [2.24, 2.45) is 11.7 Å². The normalized spacial score (nSPS) is 19.4. The molecule has 0 amide bonds. The van der Waals surface area contributed by atoms with Gasteiger partial charge in [-0.1, -0.05) is 6.92 Å². The van der Waals surface area contributed by atoms with Crippen LogP contribution < -0.4 is 10.6 Å². The minimum Gasteiger partial charge on any atom is -0.385 e. The highest BCUT2D eigenvalue weighted by Crippen LogP contribution is 2.22. The number of hydrogen-bond acceptors (Lipinski definition) is 5. The Hall–Kier alpha value is -1.20. The number of nitrogens with zero attached hydrogens (tertiary/aromatic N) is 3. The van der Waals surface area contributed by atoms with Gasteiger partial charge in [0.25, 0.3) is 0 Å². The molecule has 5 nitrogen and oxygen atoms in total. The Bertz CT molecular complexity index is 363. The van der Waals surface area contributed by atoms with Crippen molar-refractivity contribution in [1.29, 1.82) is 0 Å². The maximum atomic E-state index is 9.66. The van der Waals surface area contributed by atoms with Crippen LogP contribution in [0.2, 0.25) is 0 Å². The molecular weight excluding hydrogens is 216 g/mol. The number of rotatable bonds is 3. The Morgan fingerprint density at radius 3 is 2.82 bits per heavy atom. The number of hydrogen-bond donors (Lipinski definition) is 2. The van der Waals surface area contributed by atoms with E-state index >= 15 is 0 Å². The van der Waals surface area contributed by atoms with Gasteiger partial charge in [0.2, 0.25) is 0 Å². The molecule has 2 heterocycles. The molecule has 1 aromatic heterocycles. The molecule has 3 N–H and O–H groups in total. The summed E-state index contributed by atoms with van der Waals surface area (Å²) in [7, 11) is 0. The predicted octanol–water partition coefficient (Wildman–Crippen LogP) is 0.705. The second-order valence-electron chi connectivity index (χ2n) is 4.72. The summed E-state index contributed by atoms with van der Waals surface area (Å²) in [5, 5.41) is 9.66. The minimum atomic E-state index is -0.694. The van der Waals surface area contributed by atoms with E-state index in [4.69, 9.17) is 5.73 Å². The number of aliphatic hydroxyl groups excluding tert-OH is 1. The molecule has 1 unspecified atom stereocenters. The van der Waals surface area contributed by atoms with Gasteiger partial charge in [-0.05, 0) is 18.8 Å². The topological polar surface area (TPSA) is 75.3 Å². The van der Waals surface area contributed by atoms with E-state index < -0.39 is 6.10 Å². The quantitative estimate of drug-likeness (QED) is 0.808. The van der Waals surface area contributed by atoms with Crippen LogP contribution in [-0.2, 0) is 0 Å². The molecule has 2 rings (SSSR count). The molecule has 17 heavy (non-hydrogen) atoms. The zero-order chi connectivity index (χ0) is 12.3. The van der Waals surface area contributed by atoms with Gasteiger partial charge in [-0.3, -0.25) is 0 Å². The van der Waals surface area contributed by atoms with Crippen molar-refractivity contribution in [3.63, 3.8) is 0 Å². The van der Waals surface area contributed by atoms with Gasteiger partial charge in [0.15, 0.2) is 0 Å². The molecule has 0 spiro atoms. The Balaban J connectivity index is 2.10. The maximum Gasteiger partial charge on any atom is 0.132 e. The van der Waals surface area contributed by atoms with E-state index in [1.54, 1.807) is 0 Å². The molecule has 0 bridgehead atoms. The van der Waals surface area contributed by atoms with Gasteiger partial charge in [-0.2, -0.15) is 0 Å². The predicted molar refractivity (Wildman–Crippen MR) is 66.7 cm³/mol. The molecule has 1 fully saturated rings. The maximum absolute atomic E-state index is 9.66. The Morgan fingerprint density at radius 2 is 2.18 bits per heavy atom. The van der Waals surface area contributed by atoms with Crippen LogP contribution in [0.4, 0.5) is 5.82 Å². The fourth-order valence-corrected chi connectivity index (χ4v) is 2.08. The van der Waals surface area contributed by atoms with Crippen molar-refractivity contribution in [2.45, 2.75) is 25.9 Å². The van der Waals surface area contributed by atoms with E-state index in [9.17, 15) is 5.11 Å². The minimum absolute atomic E-state index is 0.188. The molecule has 1 saturated heterocycles. The van der Waals surface area contributed by atoms with Crippen LogP contribution in [0.5, 0.6) is 0 Å². The molecule has 1 atom stereocenters. The average molecular weight is 236 g/mol. The largest absolute Gasteiger partial charge is 0.385 e. The zero-order valence-electron chi connectivity index (χ0n) is 10.2. The third kappa shape index (κ3) is 2.92. The molecule has 1 aliphatic rings. The van der Waals surface area contributed by atoms with E-state index in [1.165, 1.54) is 19.2 Å². The van der Waals surface area contributed by atoms with Crippen LogP contribution in [0.25, 0.3) is 0 Å². The van der Waals surface area contributed by atoms with Crippen molar-refractivity contribution in [1.82, 2.24) is 9.97 Å². The van der Waals surface area contributed by atoms with Gasteiger partial charge < -0.3 is 15.7 Å². The number of nitrogens with two attached hydrogens (primary N) is 1. The summed E-state index contributed by atoms with van der Waals surface area (Å²) in [6.07, 6.45) is 3.19. The molecule has 0 saturated carbocycles. The molecular formula is C12H20N4O. The van der Waals surface area contributed by atoms with Gasteiger partial charge in [-0.15, -0.1) is 0 Å². The fraction of sp³-hybridized carbons (Fsp3) is 0.667. The van der Waals surface area contributed by atoms with E-state index in [1.807, 2.05) is 6.07 Å². The third-order valence-corrected chi connectivity index (χ3v) is 3.35. The molecule has 5 heteroatoms. The molecule has 1 aliphatic heterocycles. The van der Waals surface area contributed by atoms with Crippen molar-refractivity contribution >= 4 is 5.82 Å².